The zero-order valence-corrected chi connectivity index (χ0v) is 28.2. The number of piperidine rings is 1. The SMILES string of the molecule is C=CCN1CC(=O)N2[C@@H](Cc3ccc(O)cc3)C(=O)N(Cc3cccc4sc(N5CCCCC5)nc34)C[C@@H]2N1C(=O)NCc1ccccc1. The van der Waals surface area contributed by atoms with E-state index in [1.807, 2.05) is 42.5 Å². The molecule has 0 bridgehead atoms. The van der Waals surface area contributed by atoms with Gasteiger partial charge in [0.1, 0.15) is 18.0 Å². The minimum Gasteiger partial charge on any atom is -0.508 e. The first kappa shape index (κ1) is 32.6. The molecule has 0 radical (unpaired) electrons. The van der Waals surface area contributed by atoms with Gasteiger partial charge in [0.05, 0.1) is 23.3 Å². The third kappa shape index (κ3) is 6.83. The van der Waals surface area contributed by atoms with Crippen molar-refractivity contribution in [3.05, 3.63) is 102 Å². The summed E-state index contributed by atoms with van der Waals surface area (Å²) in [6, 6.07) is 21.2. The fraction of sp³-hybridized carbons (Fsp3) is 0.351. The van der Waals surface area contributed by atoms with E-state index in [0.29, 0.717) is 6.54 Å². The number of phenols is 1. The Hall–Kier alpha value is -4.94. The average Bonchev–Trinajstić information content (AvgIpc) is 3.57. The molecule has 0 unspecified atom stereocenters. The lowest BCUT2D eigenvalue weighted by atomic mass is 9.98. The smallest absolute Gasteiger partial charge is 0.334 e. The summed E-state index contributed by atoms with van der Waals surface area (Å²) in [6.07, 6.45) is 4.70. The van der Waals surface area contributed by atoms with Crippen molar-refractivity contribution in [1.29, 1.82) is 0 Å². The van der Waals surface area contributed by atoms with Crippen LogP contribution in [0.15, 0.2) is 85.5 Å². The predicted molar refractivity (Wildman–Crippen MR) is 190 cm³/mol. The molecule has 4 amide bonds. The molecular weight excluding hydrogens is 639 g/mol. The average molecular weight is 680 g/mol. The van der Waals surface area contributed by atoms with Crippen LogP contribution < -0.4 is 10.2 Å². The number of hydrogen-bond donors (Lipinski definition) is 2. The number of phenolic OH excluding ortho intramolecular Hbond substituents is 1. The van der Waals surface area contributed by atoms with Gasteiger partial charge < -0.3 is 25.1 Å². The summed E-state index contributed by atoms with van der Waals surface area (Å²) in [4.78, 5) is 53.2. The van der Waals surface area contributed by atoms with Crippen LogP contribution in [0.3, 0.4) is 0 Å². The standard InChI is InChI=1S/C37H41N7O4S/c1-2-18-42-25-33(46)43-30(21-26-14-16-29(45)17-15-26)35(47)41(24-32(43)44(42)36(48)38-22-27-10-5-3-6-11-27)23-28-12-9-13-31-34(28)39-37(49-31)40-19-7-4-8-20-40/h2-3,5-6,9-17,30,32,45H,1,4,7-8,18-25H2,(H,38,48)/t30-,32-/m0/s1. The summed E-state index contributed by atoms with van der Waals surface area (Å²) in [5.41, 5.74) is 3.55. The maximum absolute atomic E-state index is 14.5. The zero-order valence-electron chi connectivity index (χ0n) is 27.4. The Balaban J connectivity index is 1.23. The Bertz CT molecular complexity index is 1830. The molecule has 0 spiro atoms. The molecule has 49 heavy (non-hydrogen) atoms. The summed E-state index contributed by atoms with van der Waals surface area (Å²) in [7, 11) is 0. The normalized spacial score (nSPS) is 20.1. The molecular formula is C37H41N7O4S. The van der Waals surface area contributed by atoms with E-state index in [-0.39, 0.29) is 56.2 Å². The van der Waals surface area contributed by atoms with E-state index in [2.05, 4.69) is 22.9 Å². The lowest BCUT2D eigenvalue weighted by molar-refractivity contribution is -0.189. The van der Waals surface area contributed by atoms with Crippen LogP contribution >= 0.6 is 11.3 Å². The van der Waals surface area contributed by atoms with Crippen LogP contribution in [-0.2, 0) is 29.1 Å². The highest BCUT2D eigenvalue weighted by Gasteiger charge is 2.51. The van der Waals surface area contributed by atoms with Crippen molar-refractivity contribution in [2.75, 3.05) is 37.6 Å². The maximum atomic E-state index is 14.5. The number of thiazole rings is 1. The second-order valence-electron chi connectivity index (χ2n) is 12.8. The number of anilines is 1. The molecule has 2 atom stereocenters. The van der Waals surface area contributed by atoms with E-state index in [1.54, 1.807) is 61.5 Å². The molecule has 11 nitrogen and oxygen atoms in total. The minimum atomic E-state index is -0.857. The van der Waals surface area contributed by atoms with Gasteiger partial charge in [-0.1, -0.05) is 72.0 Å². The molecule has 0 saturated carbocycles. The quantitative estimate of drug-likeness (QED) is 0.246. The van der Waals surface area contributed by atoms with Gasteiger partial charge in [0.2, 0.25) is 11.8 Å². The number of nitrogens with zero attached hydrogens (tertiary/aromatic N) is 6. The molecule has 12 heteroatoms. The number of aromatic hydroxyl groups is 1. The third-order valence-electron chi connectivity index (χ3n) is 9.51. The van der Waals surface area contributed by atoms with E-state index >= 15 is 0 Å². The Morgan fingerprint density at radius 1 is 0.980 bits per heavy atom. The molecule has 3 aliphatic heterocycles. The molecule has 2 N–H and O–H groups in total. The van der Waals surface area contributed by atoms with Gasteiger partial charge in [0.15, 0.2) is 5.13 Å². The molecule has 7 rings (SSSR count). The first-order chi connectivity index (χ1) is 23.9. The molecule has 3 saturated heterocycles. The van der Waals surface area contributed by atoms with Crippen LogP contribution in [0.1, 0.15) is 36.0 Å². The lowest BCUT2D eigenvalue weighted by Gasteiger charge is -2.55. The monoisotopic (exact) mass is 679 g/mol. The van der Waals surface area contributed by atoms with E-state index in [9.17, 15) is 19.5 Å². The van der Waals surface area contributed by atoms with Gasteiger partial charge in [-0.05, 0) is 54.2 Å². The van der Waals surface area contributed by atoms with Crippen molar-refractivity contribution >= 4 is 44.5 Å². The summed E-state index contributed by atoms with van der Waals surface area (Å²) in [5.74, 6) is -0.305. The number of hydrazine groups is 1. The summed E-state index contributed by atoms with van der Waals surface area (Å²) in [6.45, 7) is 6.79. The Labute approximate surface area is 290 Å². The highest BCUT2D eigenvalue weighted by molar-refractivity contribution is 7.22. The number of amides is 4. The second kappa shape index (κ2) is 14.3. The Morgan fingerprint density at radius 2 is 1.76 bits per heavy atom. The van der Waals surface area contributed by atoms with Gasteiger partial charge in [-0.2, -0.15) is 0 Å². The van der Waals surface area contributed by atoms with Gasteiger partial charge in [-0.15, -0.1) is 6.58 Å². The van der Waals surface area contributed by atoms with Gasteiger partial charge >= 0.3 is 6.03 Å². The van der Waals surface area contributed by atoms with Crippen LogP contribution in [0, 0.1) is 0 Å². The zero-order chi connectivity index (χ0) is 33.9. The van der Waals surface area contributed by atoms with Crippen molar-refractivity contribution in [3.8, 4) is 5.75 Å². The largest absolute Gasteiger partial charge is 0.508 e. The van der Waals surface area contributed by atoms with Crippen LogP contribution in [0.5, 0.6) is 5.75 Å². The number of nitrogens with one attached hydrogen (secondary N) is 1. The van der Waals surface area contributed by atoms with Gasteiger partial charge in [-0.3, -0.25) is 9.59 Å². The highest BCUT2D eigenvalue weighted by Crippen LogP contribution is 2.34. The number of fused-ring (bicyclic) bond motifs is 2. The first-order valence-electron chi connectivity index (χ1n) is 16.9. The Kier molecular flexibility index (Phi) is 9.49. The van der Waals surface area contributed by atoms with Gasteiger partial charge in [-0.25, -0.2) is 19.8 Å². The summed E-state index contributed by atoms with van der Waals surface area (Å²) >= 11 is 1.68. The fourth-order valence-corrected chi connectivity index (χ4v) is 8.17. The molecule has 4 heterocycles. The second-order valence-corrected chi connectivity index (χ2v) is 13.8. The number of hydrogen-bond acceptors (Lipinski definition) is 8. The molecule has 254 valence electrons. The molecule has 3 fully saturated rings. The van der Waals surface area contributed by atoms with Crippen LogP contribution in [0.25, 0.3) is 10.2 Å². The topological polar surface area (TPSA) is 113 Å². The van der Waals surface area contributed by atoms with Crippen molar-refractivity contribution in [2.45, 2.75) is 51.0 Å². The number of para-hydroxylation sites is 1. The van der Waals surface area contributed by atoms with Crippen LogP contribution in [0.2, 0.25) is 0 Å². The van der Waals surface area contributed by atoms with Gasteiger partial charge in [0, 0.05) is 39.1 Å². The number of aromatic nitrogens is 1. The van der Waals surface area contributed by atoms with Gasteiger partial charge in [0.25, 0.3) is 0 Å². The van der Waals surface area contributed by atoms with Crippen molar-refractivity contribution in [2.24, 2.45) is 0 Å². The molecule has 3 aliphatic rings. The first-order valence-corrected chi connectivity index (χ1v) is 17.7. The predicted octanol–water partition coefficient (Wildman–Crippen LogP) is 4.73. The number of carbonyl (C=O) groups excluding carboxylic acids is 3. The lowest BCUT2D eigenvalue weighted by Crippen LogP contribution is -2.76. The molecule has 3 aromatic carbocycles. The number of benzene rings is 3. The van der Waals surface area contributed by atoms with Crippen molar-refractivity contribution in [1.82, 2.24) is 30.1 Å². The Morgan fingerprint density at radius 3 is 2.51 bits per heavy atom. The van der Waals surface area contributed by atoms with Crippen molar-refractivity contribution in [3.63, 3.8) is 0 Å². The van der Waals surface area contributed by atoms with E-state index in [0.717, 1.165) is 58.0 Å². The number of carbonyl (C=O) groups is 3. The van der Waals surface area contributed by atoms with E-state index in [4.69, 9.17) is 4.98 Å². The van der Waals surface area contributed by atoms with Crippen LogP contribution in [-0.4, -0.2) is 92.7 Å². The highest BCUT2D eigenvalue weighted by atomic mass is 32.1. The molecule has 0 aliphatic carbocycles. The molecule has 1 aromatic heterocycles. The fourth-order valence-electron chi connectivity index (χ4n) is 7.10. The molecule has 4 aromatic rings. The minimum absolute atomic E-state index is 0.0714. The number of rotatable bonds is 9. The summed E-state index contributed by atoms with van der Waals surface area (Å²) in [5, 5.41) is 17.3. The number of urea groups is 1. The number of piperazine rings is 1. The maximum Gasteiger partial charge on any atom is 0.334 e. The third-order valence-corrected chi connectivity index (χ3v) is 10.6. The van der Waals surface area contributed by atoms with Crippen LogP contribution in [0.4, 0.5) is 9.93 Å². The van der Waals surface area contributed by atoms with E-state index in [1.165, 1.54) is 6.42 Å². The van der Waals surface area contributed by atoms with Crippen molar-refractivity contribution < 1.29 is 19.5 Å². The summed E-state index contributed by atoms with van der Waals surface area (Å²) < 4.78 is 1.07. The van der Waals surface area contributed by atoms with E-state index < -0.39 is 12.2 Å².